The maximum absolute atomic E-state index is 12.9. The molecule has 0 radical (unpaired) electrons. The van der Waals surface area contributed by atoms with Gasteiger partial charge in [-0.1, -0.05) is 24.1 Å². The van der Waals surface area contributed by atoms with Gasteiger partial charge in [-0.25, -0.2) is 0 Å². The molecule has 1 N–H and O–H groups in total. The van der Waals surface area contributed by atoms with Crippen molar-refractivity contribution >= 4 is 46.3 Å². The van der Waals surface area contributed by atoms with Crippen LogP contribution in [0.15, 0.2) is 30.3 Å². The zero-order valence-electron chi connectivity index (χ0n) is 15.2. The van der Waals surface area contributed by atoms with E-state index in [2.05, 4.69) is 10.2 Å². The summed E-state index contributed by atoms with van der Waals surface area (Å²) < 4.78 is 0.513. The molecule has 6 nitrogen and oxygen atoms in total. The molecule has 0 spiro atoms. The third kappa shape index (κ3) is 3.70. The van der Waals surface area contributed by atoms with Crippen molar-refractivity contribution in [1.82, 2.24) is 9.80 Å². The van der Waals surface area contributed by atoms with Gasteiger partial charge in [0, 0.05) is 13.1 Å². The van der Waals surface area contributed by atoms with E-state index in [1.165, 1.54) is 11.3 Å². The molecule has 2 aromatic rings. The highest BCUT2D eigenvalue weighted by atomic mass is 35.5. The number of halogens is 1. The Kier molecular flexibility index (Phi) is 5.48. The van der Waals surface area contributed by atoms with Gasteiger partial charge in [-0.2, -0.15) is 0 Å². The first-order valence-corrected chi connectivity index (χ1v) is 10.5. The normalized spacial score (nSPS) is 17.1. The fourth-order valence-electron chi connectivity index (χ4n) is 3.69. The van der Waals surface area contributed by atoms with Gasteiger partial charge < -0.3 is 10.2 Å². The first-order chi connectivity index (χ1) is 13.5. The number of nitrogens with zero attached hydrogens (tertiary/aromatic N) is 2. The summed E-state index contributed by atoms with van der Waals surface area (Å²) in [5, 5.41) is 2.75. The number of hydrogen-bond donors (Lipinski definition) is 1. The summed E-state index contributed by atoms with van der Waals surface area (Å²) >= 11 is 7.05. The van der Waals surface area contributed by atoms with Gasteiger partial charge in [0.05, 0.1) is 26.0 Å². The van der Waals surface area contributed by atoms with Crippen LogP contribution in [0.5, 0.6) is 0 Å². The van der Waals surface area contributed by atoms with Crippen molar-refractivity contribution in [3.63, 3.8) is 0 Å². The molecule has 28 heavy (non-hydrogen) atoms. The Balaban J connectivity index is 1.51. The van der Waals surface area contributed by atoms with E-state index in [0.29, 0.717) is 33.6 Å². The minimum atomic E-state index is -0.350. The van der Waals surface area contributed by atoms with Gasteiger partial charge in [0.25, 0.3) is 17.7 Å². The van der Waals surface area contributed by atoms with Gasteiger partial charge in [-0.3, -0.25) is 19.3 Å². The van der Waals surface area contributed by atoms with Gasteiger partial charge in [-0.15, -0.1) is 11.3 Å². The summed E-state index contributed by atoms with van der Waals surface area (Å²) in [6, 6.07) is 8.23. The summed E-state index contributed by atoms with van der Waals surface area (Å²) in [7, 11) is 0. The van der Waals surface area contributed by atoms with Crippen molar-refractivity contribution in [2.24, 2.45) is 0 Å². The van der Waals surface area contributed by atoms with E-state index in [-0.39, 0.29) is 23.3 Å². The number of amides is 3. The standard InChI is InChI=1S/C20H20ClN3O3S/c21-16-8-7-15(28-16)18(25)22-14-6-4-5-13-17(14)20(27)24(19(13)26)12-11-23-9-2-1-3-10-23/h4-8H,1-3,9-12H2,(H,22,25). The molecule has 3 heterocycles. The van der Waals surface area contributed by atoms with Crippen LogP contribution in [0.25, 0.3) is 0 Å². The second-order valence-corrected chi connectivity index (χ2v) is 8.67. The Bertz CT molecular complexity index is 937. The lowest BCUT2D eigenvalue weighted by Crippen LogP contribution is -2.40. The van der Waals surface area contributed by atoms with Crippen LogP contribution >= 0.6 is 22.9 Å². The maximum Gasteiger partial charge on any atom is 0.265 e. The highest BCUT2D eigenvalue weighted by Crippen LogP contribution is 2.30. The summed E-state index contributed by atoms with van der Waals surface area (Å²) in [5.74, 6) is -0.998. The first kappa shape index (κ1) is 19.1. The molecule has 0 bridgehead atoms. The van der Waals surface area contributed by atoms with E-state index >= 15 is 0 Å². The molecule has 8 heteroatoms. The topological polar surface area (TPSA) is 69.7 Å². The molecule has 3 amide bonds. The lowest BCUT2D eigenvalue weighted by atomic mass is 10.1. The van der Waals surface area contributed by atoms with Crippen molar-refractivity contribution in [3.8, 4) is 0 Å². The Morgan fingerprint density at radius 2 is 1.82 bits per heavy atom. The highest BCUT2D eigenvalue weighted by molar-refractivity contribution is 7.18. The minimum Gasteiger partial charge on any atom is -0.321 e. The summed E-state index contributed by atoms with van der Waals surface area (Å²) in [6.45, 7) is 3.06. The van der Waals surface area contributed by atoms with Gasteiger partial charge in [0.15, 0.2) is 0 Å². The number of rotatable bonds is 5. The Labute approximate surface area is 172 Å². The number of likely N-dealkylation sites (tertiary alicyclic amines) is 1. The van der Waals surface area contributed by atoms with E-state index < -0.39 is 0 Å². The van der Waals surface area contributed by atoms with Crippen molar-refractivity contribution in [2.75, 3.05) is 31.5 Å². The summed E-state index contributed by atoms with van der Waals surface area (Å²) in [6.07, 6.45) is 3.55. The van der Waals surface area contributed by atoms with Crippen LogP contribution in [-0.2, 0) is 0 Å². The van der Waals surface area contributed by atoms with Gasteiger partial charge in [0.2, 0.25) is 0 Å². The van der Waals surface area contributed by atoms with Crippen LogP contribution < -0.4 is 5.32 Å². The van der Waals surface area contributed by atoms with Crippen LogP contribution in [-0.4, -0.2) is 53.7 Å². The van der Waals surface area contributed by atoms with Gasteiger partial charge in [0.1, 0.15) is 0 Å². The second kappa shape index (κ2) is 8.03. The van der Waals surface area contributed by atoms with E-state index in [0.717, 1.165) is 37.3 Å². The SMILES string of the molecule is O=C(Nc1cccc2c1C(=O)N(CCN1CCCCC1)C2=O)c1ccc(Cl)s1. The molecule has 0 aliphatic carbocycles. The number of fused-ring (bicyclic) bond motifs is 1. The van der Waals surface area contributed by atoms with Crippen molar-refractivity contribution in [2.45, 2.75) is 19.3 Å². The minimum absolute atomic E-state index is 0.266. The number of thiophene rings is 1. The molecule has 1 aromatic heterocycles. The Morgan fingerprint density at radius 1 is 1.04 bits per heavy atom. The third-order valence-corrected chi connectivity index (χ3v) is 6.36. The number of nitrogens with one attached hydrogen (secondary N) is 1. The first-order valence-electron chi connectivity index (χ1n) is 9.33. The molecule has 146 valence electrons. The van der Waals surface area contributed by atoms with Crippen LogP contribution in [0.3, 0.4) is 0 Å². The Hall–Kier alpha value is -2.22. The number of piperidine rings is 1. The molecule has 4 rings (SSSR count). The number of benzene rings is 1. The summed E-state index contributed by atoms with van der Waals surface area (Å²) in [4.78, 5) is 42.2. The average Bonchev–Trinajstić information content (AvgIpc) is 3.24. The smallest absolute Gasteiger partial charge is 0.265 e. The van der Waals surface area contributed by atoms with Crippen molar-refractivity contribution in [1.29, 1.82) is 0 Å². The molecule has 2 aliphatic rings. The molecule has 1 saturated heterocycles. The quantitative estimate of drug-likeness (QED) is 0.752. The number of hydrogen-bond acceptors (Lipinski definition) is 5. The van der Waals surface area contributed by atoms with E-state index in [4.69, 9.17) is 11.6 Å². The lowest BCUT2D eigenvalue weighted by molar-refractivity contribution is 0.0632. The molecular weight excluding hydrogens is 398 g/mol. The van der Waals surface area contributed by atoms with Gasteiger partial charge in [-0.05, 0) is 50.2 Å². The Morgan fingerprint density at radius 3 is 2.54 bits per heavy atom. The van der Waals surface area contributed by atoms with E-state index in [1.54, 1.807) is 30.3 Å². The molecule has 1 aromatic carbocycles. The van der Waals surface area contributed by atoms with E-state index in [1.807, 2.05) is 0 Å². The maximum atomic E-state index is 12.9. The second-order valence-electron chi connectivity index (χ2n) is 6.95. The largest absolute Gasteiger partial charge is 0.321 e. The highest BCUT2D eigenvalue weighted by Gasteiger charge is 2.37. The van der Waals surface area contributed by atoms with Crippen LogP contribution in [0.4, 0.5) is 5.69 Å². The van der Waals surface area contributed by atoms with Crippen molar-refractivity contribution in [3.05, 3.63) is 50.7 Å². The molecule has 0 unspecified atom stereocenters. The van der Waals surface area contributed by atoms with Crippen LogP contribution in [0, 0.1) is 0 Å². The monoisotopic (exact) mass is 417 g/mol. The predicted octanol–water partition coefficient (Wildman–Crippen LogP) is 3.74. The number of imide groups is 1. The van der Waals surface area contributed by atoms with Crippen LogP contribution in [0.1, 0.15) is 49.7 Å². The zero-order chi connectivity index (χ0) is 19.7. The number of anilines is 1. The molecular formula is C20H20ClN3O3S. The predicted molar refractivity (Wildman–Crippen MR) is 109 cm³/mol. The molecule has 0 atom stereocenters. The van der Waals surface area contributed by atoms with Crippen molar-refractivity contribution < 1.29 is 14.4 Å². The molecule has 1 fully saturated rings. The molecule has 0 saturated carbocycles. The lowest BCUT2D eigenvalue weighted by Gasteiger charge is -2.27. The number of carbonyl (C=O) groups excluding carboxylic acids is 3. The summed E-state index contributed by atoms with van der Waals surface area (Å²) in [5.41, 5.74) is 0.957. The van der Waals surface area contributed by atoms with Gasteiger partial charge >= 0.3 is 0 Å². The fourth-order valence-corrected chi connectivity index (χ4v) is 4.62. The van der Waals surface area contributed by atoms with E-state index in [9.17, 15) is 14.4 Å². The van der Waals surface area contributed by atoms with Crippen LogP contribution in [0.2, 0.25) is 4.34 Å². The number of carbonyl (C=O) groups is 3. The zero-order valence-corrected chi connectivity index (χ0v) is 16.8. The molecule has 2 aliphatic heterocycles. The fraction of sp³-hybridized carbons (Fsp3) is 0.350. The third-order valence-electron chi connectivity index (χ3n) is 5.13. The average molecular weight is 418 g/mol.